The molecule has 0 N–H and O–H groups in total. The number of fused-ring (bicyclic) bond motifs is 1. The molecule has 2 aliphatic carbocycles. The highest BCUT2D eigenvalue weighted by Crippen LogP contribution is 2.53. The van der Waals surface area contributed by atoms with Crippen molar-refractivity contribution in [1.82, 2.24) is 4.98 Å². The maximum Gasteiger partial charge on any atom is 0.209 e. The zero-order chi connectivity index (χ0) is 20.6. The lowest BCUT2D eigenvalue weighted by molar-refractivity contribution is 0.221. The van der Waals surface area contributed by atoms with Gasteiger partial charge in [0, 0.05) is 17.5 Å². The van der Waals surface area contributed by atoms with Crippen molar-refractivity contribution in [3.8, 4) is 5.75 Å². The van der Waals surface area contributed by atoms with Gasteiger partial charge in [0.2, 0.25) is 5.13 Å². The second-order valence-electron chi connectivity index (χ2n) is 8.94. The number of nitrogens with zero attached hydrogens (tertiary/aromatic N) is 2. The zero-order valence-corrected chi connectivity index (χ0v) is 18.5. The molecule has 4 heteroatoms. The first-order valence-electron chi connectivity index (χ1n) is 10.9. The van der Waals surface area contributed by atoms with Gasteiger partial charge in [0.1, 0.15) is 5.75 Å². The molecule has 5 rings (SSSR count). The van der Waals surface area contributed by atoms with Crippen molar-refractivity contribution in [3.05, 3.63) is 75.8 Å². The molecule has 154 valence electrons. The molecular weight excluding hydrogens is 388 g/mol. The van der Waals surface area contributed by atoms with E-state index in [2.05, 4.69) is 35.5 Å². The van der Waals surface area contributed by atoms with E-state index in [1.807, 2.05) is 30.5 Å². The van der Waals surface area contributed by atoms with E-state index in [1.54, 1.807) is 29.6 Å². The Balaban J connectivity index is 1.24. The number of thiazole rings is 1. The first kappa shape index (κ1) is 19.5. The molecular formula is C26H28N2OS. The fourth-order valence-electron chi connectivity index (χ4n) is 4.92. The van der Waals surface area contributed by atoms with Crippen LogP contribution in [0.5, 0.6) is 5.75 Å². The third kappa shape index (κ3) is 3.81. The molecule has 0 radical (unpaired) electrons. The summed E-state index contributed by atoms with van der Waals surface area (Å²) < 4.78 is 5.20. The molecule has 1 aromatic heterocycles. The van der Waals surface area contributed by atoms with Crippen LogP contribution >= 0.6 is 11.3 Å². The van der Waals surface area contributed by atoms with Crippen molar-refractivity contribution in [2.24, 2.45) is 4.99 Å². The number of benzene rings is 2. The van der Waals surface area contributed by atoms with Crippen LogP contribution in [0.2, 0.25) is 0 Å². The number of ether oxygens (including phenoxy) is 1. The van der Waals surface area contributed by atoms with Crippen LogP contribution in [0.1, 0.15) is 66.5 Å². The third-order valence-electron chi connectivity index (χ3n) is 6.81. The van der Waals surface area contributed by atoms with Gasteiger partial charge >= 0.3 is 0 Å². The first-order valence-corrected chi connectivity index (χ1v) is 11.8. The minimum Gasteiger partial charge on any atom is -0.497 e. The molecule has 1 saturated carbocycles. The van der Waals surface area contributed by atoms with Crippen LogP contribution in [-0.4, -0.2) is 18.3 Å². The van der Waals surface area contributed by atoms with Gasteiger partial charge in [0.25, 0.3) is 0 Å². The second-order valence-corrected chi connectivity index (χ2v) is 9.78. The molecule has 0 bridgehead atoms. The average Bonchev–Trinajstić information content (AvgIpc) is 3.24. The SMILES string of the molecule is COc1ccc(/C=N/c2nc(C3CC(C)(c4ccc5c(c4)CCCC5)C3)cs2)cc1. The highest BCUT2D eigenvalue weighted by molar-refractivity contribution is 7.13. The normalized spacial score (nSPS) is 23.2. The lowest BCUT2D eigenvalue weighted by Crippen LogP contribution is -2.37. The summed E-state index contributed by atoms with van der Waals surface area (Å²) in [6.45, 7) is 2.42. The van der Waals surface area contributed by atoms with Crippen LogP contribution < -0.4 is 4.74 Å². The van der Waals surface area contributed by atoms with Crippen molar-refractivity contribution in [2.45, 2.75) is 56.8 Å². The van der Waals surface area contributed by atoms with Crippen LogP contribution in [0.3, 0.4) is 0 Å². The van der Waals surface area contributed by atoms with Gasteiger partial charge in [-0.1, -0.05) is 25.1 Å². The number of aryl methyl sites for hydroxylation is 2. The van der Waals surface area contributed by atoms with E-state index in [0.717, 1.165) is 16.4 Å². The number of hydrogen-bond donors (Lipinski definition) is 0. The zero-order valence-electron chi connectivity index (χ0n) is 17.7. The summed E-state index contributed by atoms with van der Waals surface area (Å²) >= 11 is 1.63. The summed E-state index contributed by atoms with van der Waals surface area (Å²) in [5.41, 5.74) is 7.23. The minimum absolute atomic E-state index is 0.285. The Morgan fingerprint density at radius 2 is 1.83 bits per heavy atom. The minimum atomic E-state index is 0.285. The fraction of sp³-hybridized carbons (Fsp3) is 0.385. The van der Waals surface area contributed by atoms with E-state index < -0.39 is 0 Å². The molecule has 1 fully saturated rings. The Kier molecular flexibility index (Phi) is 5.20. The van der Waals surface area contributed by atoms with E-state index in [1.165, 1.54) is 49.8 Å². The van der Waals surface area contributed by atoms with Gasteiger partial charge in [-0.3, -0.25) is 0 Å². The molecule has 30 heavy (non-hydrogen) atoms. The average molecular weight is 417 g/mol. The summed E-state index contributed by atoms with van der Waals surface area (Å²) in [6, 6.07) is 15.2. The molecule has 2 aromatic carbocycles. The fourth-order valence-corrected chi connectivity index (χ4v) is 5.67. The smallest absolute Gasteiger partial charge is 0.209 e. The molecule has 0 aliphatic heterocycles. The topological polar surface area (TPSA) is 34.5 Å². The van der Waals surface area contributed by atoms with Crippen molar-refractivity contribution in [2.75, 3.05) is 7.11 Å². The summed E-state index contributed by atoms with van der Waals surface area (Å²) in [5, 5.41) is 3.03. The quantitative estimate of drug-likeness (QED) is 0.438. The van der Waals surface area contributed by atoms with Gasteiger partial charge < -0.3 is 4.74 Å². The van der Waals surface area contributed by atoms with Crippen LogP contribution in [0.15, 0.2) is 52.8 Å². The maximum atomic E-state index is 5.20. The van der Waals surface area contributed by atoms with E-state index in [4.69, 9.17) is 9.72 Å². The predicted octanol–water partition coefficient (Wildman–Crippen LogP) is 6.62. The molecule has 3 aromatic rings. The number of rotatable bonds is 5. The molecule has 0 spiro atoms. The van der Waals surface area contributed by atoms with Crippen molar-refractivity contribution < 1.29 is 4.74 Å². The summed E-state index contributed by atoms with van der Waals surface area (Å²) in [5.74, 6) is 1.41. The van der Waals surface area contributed by atoms with Crippen LogP contribution in [0.4, 0.5) is 5.13 Å². The highest BCUT2D eigenvalue weighted by atomic mass is 32.1. The largest absolute Gasteiger partial charge is 0.497 e. The number of hydrogen-bond acceptors (Lipinski definition) is 4. The molecule has 2 aliphatic rings. The van der Waals surface area contributed by atoms with E-state index in [-0.39, 0.29) is 5.41 Å². The van der Waals surface area contributed by atoms with Crippen LogP contribution in [-0.2, 0) is 18.3 Å². The molecule has 0 amide bonds. The lowest BCUT2D eigenvalue weighted by atomic mass is 9.59. The van der Waals surface area contributed by atoms with Gasteiger partial charge in [-0.2, -0.15) is 0 Å². The second kappa shape index (κ2) is 7.99. The van der Waals surface area contributed by atoms with Crippen molar-refractivity contribution >= 4 is 22.7 Å². The van der Waals surface area contributed by atoms with E-state index >= 15 is 0 Å². The third-order valence-corrected chi connectivity index (χ3v) is 7.57. The Hall–Kier alpha value is -2.46. The van der Waals surface area contributed by atoms with Crippen LogP contribution in [0, 0.1) is 0 Å². The molecule has 1 heterocycles. The Morgan fingerprint density at radius 1 is 1.07 bits per heavy atom. The summed E-state index contributed by atoms with van der Waals surface area (Å²) in [6.07, 6.45) is 9.43. The number of aliphatic imine (C=N–C) groups is 1. The first-order chi connectivity index (χ1) is 14.6. The van der Waals surface area contributed by atoms with E-state index in [0.29, 0.717) is 5.92 Å². The van der Waals surface area contributed by atoms with Gasteiger partial charge in [0.15, 0.2) is 0 Å². The Bertz CT molecular complexity index is 1060. The Labute approximate surface area is 182 Å². The number of methoxy groups -OCH3 is 1. The molecule has 0 unspecified atom stereocenters. The lowest BCUT2D eigenvalue weighted by Gasteiger charge is -2.45. The maximum absolute atomic E-state index is 5.20. The van der Waals surface area contributed by atoms with Gasteiger partial charge in [-0.25, -0.2) is 9.98 Å². The van der Waals surface area contributed by atoms with E-state index in [9.17, 15) is 0 Å². The standard InChI is InChI=1S/C26H28N2OS/c1-26(22-10-9-19-5-3-4-6-20(19)13-22)14-21(15-26)24-17-30-25(28-24)27-16-18-7-11-23(29-2)12-8-18/h7-13,16-17,21H,3-6,14-15H2,1-2H3/b27-16+. The number of aromatic nitrogens is 1. The highest BCUT2D eigenvalue weighted by Gasteiger charge is 2.43. The van der Waals surface area contributed by atoms with Crippen LogP contribution in [0.25, 0.3) is 0 Å². The molecule has 3 nitrogen and oxygen atoms in total. The summed E-state index contributed by atoms with van der Waals surface area (Å²) in [4.78, 5) is 9.38. The van der Waals surface area contributed by atoms with Gasteiger partial charge in [0.05, 0.1) is 12.8 Å². The molecule has 0 saturated heterocycles. The Morgan fingerprint density at radius 3 is 2.60 bits per heavy atom. The summed E-state index contributed by atoms with van der Waals surface area (Å²) in [7, 11) is 1.68. The monoisotopic (exact) mass is 416 g/mol. The van der Waals surface area contributed by atoms with Crippen molar-refractivity contribution in [3.63, 3.8) is 0 Å². The van der Waals surface area contributed by atoms with Crippen molar-refractivity contribution in [1.29, 1.82) is 0 Å². The van der Waals surface area contributed by atoms with Gasteiger partial charge in [-0.15, -0.1) is 11.3 Å². The van der Waals surface area contributed by atoms with Gasteiger partial charge in [-0.05, 0) is 90.5 Å². The molecule has 0 atom stereocenters. The predicted molar refractivity (Wildman–Crippen MR) is 125 cm³/mol.